The zero-order chi connectivity index (χ0) is 15.0. The zero-order valence-electron chi connectivity index (χ0n) is 11.4. The molecular weight excluding hydrogens is 264 g/mol. The van der Waals surface area contributed by atoms with Crippen molar-refractivity contribution in [3.05, 3.63) is 29.8 Å². The lowest BCUT2D eigenvalue weighted by atomic mass is 10.2. The van der Waals surface area contributed by atoms with Gasteiger partial charge >= 0.3 is 12.0 Å². The molecule has 0 radical (unpaired) electrons. The van der Waals surface area contributed by atoms with Gasteiger partial charge in [-0.05, 0) is 17.7 Å². The van der Waals surface area contributed by atoms with Gasteiger partial charge < -0.3 is 25.2 Å². The highest BCUT2D eigenvalue weighted by Gasteiger charge is 2.16. The number of rotatable bonds is 7. The van der Waals surface area contributed by atoms with Gasteiger partial charge in [0.2, 0.25) is 0 Å². The summed E-state index contributed by atoms with van der Waals surface area (Å²) in [6, 6.07) is 6.78. The fourth-order valence-corrected chi connectivity index (χ4v) is 1.45. The van der Waals surface area contributed by atoms with Crippen LogP contribution in [-0.4, -0.2) is 44.0 Å². The summed E-state index contributed by atoms with van der Waals surface area (Å²) in [6.45, 7) is 0.237. The Morgan fingerprint density at radius 1 is 1.20 bits per heavy atom. The molecule has 20 heavy (non-hydrogen) atoms. The number of hydrogen-bond donors (Lipinski definition) is 3. The van der Waals surface area contributed by atoms with Crippen LogP contribution in [0.15, 0.2) is 24.3 Å². The molecule has 1 unspecified atom stereocenters. The topological polar surface area (TPSA) is 96.9 Å². The number of aliphatic carboxylic acids is 1. The Bertz CT molecular complexity index is 447. The van der Waals surface area contributed by atoms with Crippen molar-refractivity contribution in [2.45, 2.75) is 12.6 Å². The van der Waals surface area contributed by atoms with Crippen molar-refractivity contribution in [2.24, 2.45) is 0 Å². The van der Waals surface area contributed by atoms with Crippen molar-refractivity contribution >= 4 is 12.0 Å². The van der Waals surface area contributed by atoms with E-state index in [2.05, 4.69) is 10.6 Å². The SMILES string of the molecule is COc1ccc(CNC(=O)NCC(OC)C(=O)O)cc1. The Morgan fingerprint density at radius 3 is 2.35 bits per heavy atom. The highest BCUT2D eigenvalue weighted by molar-refractivity contribution is 5.76. The van der Waals surface area contributed by atoms with Gasteiger partial charge in [0.15, 0.2) is 6.10 Å². The van der Waals surface area contributed by atoms with Gasteiger partial charge in [-0.1, -0.05) is 12.1 Å². The van der Waals surface area contributed by atoms with E-state index in [-0.39, 0.29) is 6.54 Å². The highest BCUT2D eigenvalue weighted by Crippen LogP contribution is 2.10. The van der Waals surface area contributed by atoms with Crippen molar-refractivity contribution in [2.75, 3.05) is 20.8 Å². The van der Waals surface area contributed by atoms with E-state index in [0.29, 0.717) is 6.54 Å². The average Bonchev–Trinajstić information content (AvgIpc) is 2.46. The molecule has 0 aliphatic carbocycles. The van der Waals surface area contributed by atoms with Crippen molar-refractivity contribution in [3.8, 4) is 5.75 Å². The quantitative estimate of drug-likeness (QED) is 0.680. The van der Waals surface area contributed by atoms with E-state index in [1.54, 1.807) is 19.2 Å². The Morgan fingerprint density at radius 2 is 1.85 bits per heavy atom. The minimum atomic E-state index is -1.12. The number of ether oxygens (including phenoxy) is 2. The predicted octanol–water partition coefficient (Wildman–Crippen LogP) is 0.594. The first kappa shape index (κ1) is 15.8. The number of hydrogen-bond acceptors (Lipinski definition) is 4. The molecule has 0 fully saturated rings. The number of carboxylic acids is 1. The molecule has 3 N–H and O–H groups in total. The summed E-state index contributed by atoms with van der Waals surface area (Å²) in [5, 5.41) is 13.8. The molecule has 1 aromatic rings. The van der Waals surface area contributed by atoms with E-state index >= 15 is 0 Å². The van der Waals surface area contributed by atoms with Crippen LogP contribution in [0.2, 0.25) is 0 Å². The third kappa shape index (κ3) is 5.15. The van der Waals surface area contributed by atoms with Crippen LogP contribution >= 0.6 is 0 Å². The van der Waals surface area contributed by atoms with Crippen molar-refractivity contribution < 1.29 is 24.2 Å². The van der Waals surface area contributed by atoms with Crippen LogP contribution in [0.1, 0.15) is 5.56 Å². The second-order valence-electron chi connectivity index (χ2n) is 3.97. The van der Waals surface area contributed by atoms with E-state index in [4.69, 9.17) is 14.6 Å². The van der Waals surface area contributed by atoms with E-state index in [9.17, 15) is 9.59 Å². The van der Waals surface area contributed by atoms with Gasteiger partial charge in [-0.2, -0.15) is 0 Å². The molecule has 1 atom stereocenters. The molecule has 0 bridgehead atoms. The average molecular weight is 282 g/mol. The first-order valence-corrected chi connectivity index (χ1v) is 5.97. The normalized spacial score (nSPS) is 11.5. The predicted molar refractivity (Wildman–Crippen MR) is 71.7 cm³/mol. The van der Waals surface area contributed by atoms with Crippen molar-refractivity contribution in [3.63, 3.8) is 0 Å². The highest BCUT2D eigenvalue weighted by atomic mass is 16.5. The van der Waals surface area contributed by atoms with Crippen LogP contribution in [-0.2, 0) is 16.1 Å². The maximum Gasteiger partial charge on any atom is 0.334 e. The number of methoxy groups -OCH3 is 2. The second-order valence-corrected chi connectivity index (χ2v) is 3.97. The maximum atomic E-state index is 11.5. The largest absolute Gasteiger partial charge is 0.497 e. The molecule has 0 saturated carbocycles. The summed E-state index contributed by atoms with van der Waals surface area (Å²) in [6.07, 6.45) is -1.05. The molecule has 0 aromatic heterocycles. The van der Waals surface area contributed by atoms with Crippen LogP contribution in [0.4, 0.5) is 4.79 Å². The number of amides is 2. The molecule has 2 amide bonds. The molecule has 110 valence electrons. The number of carbonyl (C=O) groups is 2. The van der Waals surface area contributed by atoms with Crippen LogP contribution in [0.3, 0.4) is 0 Å². The summed E-state index contributed by atoms with van der Waals surface area (Å²) in [5.74, 6) is -0.384. The number of urea groups is 1. The summed E-state index contributed by atoms with van der Waals surface area (Å²) in [4.78, 5) is 22.2. The summed E-state index contributed by atoms with van der Waals surface area (Å²) < 4.78 is 9.72. The van der Waals surface area contributed by atoms with Gasteiger partial charge in [0, 0.05) is 13.7 Å². The Hall–Kier alpha value is -2.28. The van der Waals surface area contributed by atoms with E-state index in [0.717, 1.165) is 11.3 Å². The third-order valence-electron chi connectivity index (χ3n) is 2.62. The number of carbonyl (C=O) groups excluding carboxylic acids is 1. The fraction of sp³-hybridized carbons (Fsp3) is 0.385. The second kappa shape index (κ2) is 8.00. The van der Waals surface area contributed by atoms with Gasteiger partial charge in [0.25, 0.3) is 0 Å². The summed E-state index contributed by atoms with van der Waals surface area (Å²) in [7, 11) is 2.85. The molecule has 0 aliphatic rings. The summed E-state index contributed by atoms with van der Waals surface area (Å²) >= 11 is 0. The lowest BCUT2D eigenvalue weighted by Crippen LogP contribution is -2.42. The lowest BCUT2D eigenvalue weighted by Gasteiger charge is -2.12. The zero-order valence-corrected chi connectivity index (χ0v) is 11.4. The van der Waals surface area contributed by atoms with Gasteiger partial charge in [0.05, 0.1) is 13.7 Å². The first-order chi connectivity index (χ1) is 9.56. The molecule has 0 spiro atoms. The monoisotopic (exact) mass is 282 g/mol. The van der Waals surface area contributed by atoms with Crippen LogP contribution in [0.25, 0.3) is 0 Å². The van der Waals surface area contributed by atoms with Crippen LogP contribution < -0.4 is 15.4 Å². The molecule has 1 rings (SSSR count). The number of carboxylic acid groups (broad SMARTS) is 1. The molecule has 1 aromatic carbocycles. The third-order valence-corrected chi connectivity index (χ3v) is 2.62. The molecule has 0 saturated heterocycles. The standard InChI is InChI=1S/C13H18N2O5/c1-19-10-5-3-9(4-6-10)7-14-13(18)15-8-11(20-2)12(16)17/h3-6,11H,7-8H2,1-2H3,(H,16,17)(H2,14,15,18). The molecule has 0 heterocycles. The van der Waals surface area contributed by atoms with E-state index < -0.39 is 18.1 Å². The molecular formula is C13H18N2O5. The fourth-order valence-electron chi connectivity index (χ4n) is 1.45. The maximum absolute atomic E-state index is 11.5. The molecule has 0 aliphatic heterocycles. The molecule has 7 nitrogen and oxygen atoms in total. The Kier molecular flexibility index (Phi) is 6.31. The number of nitrogens with one attached hydrogen (secondary N) is 2. The van der Waals surface area contributed by atoms with Gasteiger partial charge in [-0.25, -0.2) is 9.59 Å². The Labute approximate surface area is 116 Å². The smallest absolute Gasteiger partial charge is 0.334 e. The van der Waals surface area contributed by atoms with Gasteiger partial charge in [-0.15, -0.1) is 0 Å². The van der Waals surface area contributed by atoms with E-state index in [1.807, 2.05) is 12.1 Å². The first-order valence-electron chi connectivity index (χ1n) is 5.97. The van der Waals surface area contributed by atoms with Crippen LogP contribution in [0.5, 0.6) is 5.75 Å². The van der Waals surface area contributed by atoms with E-state index in [1.165, 1.54) is 7.11 Å². The summed E-state index contributed by atoms with van der Waals surface area (Å²) in [5.41, 5.74) is 0.905. The molecule has 7 heteroatoms. The lowest BCUT2D eigenvalue weighted by molar-refractivity contribution is -0.147. The van der Waals surface area contributed by atoms with Gasteiger partial charge in [-0.3, -0.25) is 0 Å². The van der Waals surface area contributed by atoms with Crippen molar-refractivity contribution in [1.29, 1.82) is 0 Å². The number of benzene rings is 1. The minimum absolute atomic E-state index is 0.0969. The van der Waals surface area contributed by atoms with Crippen LogP contribution in [0, 0.1) is 0 Å². The van der Waals surface area contributed by atoms with Gasteiger partial charge in [0.1, 0.15) is 5.75 Å². The van der Waals surface area contributed by atoms with Crippen molar-refractivity contribution in [1.82, 2.24) is 10.6 Å². The Balaban J connectivity index is 2.33. The minimum Gasteiger partial charge on any atom is -0.497 e.